The summed E-state index contributed by atoms with van der Waals surface area (Å²) in [4.78, 5) is 9.05. The van der Waals surface area contributed by atoms with Gasteiger partial charge in [0.2, 0.25) is 0 Å². The molecule has 1 saturated heterocycles. The van der Waals surface area contributed by atoms with Crippen LogP contribution in [0.5, 0.6) is 0 Å². The molecule has 2 aromatic rings. The van der Waals surface area contributed by atoms with Gasteiger partial charge in [0.1, 0.15) is 0 Å². The molecule has 0 unspecified atom stereocenters. The van der Waals surface area contributed by atoms with Gasteiger partial charge in [-0.1, -0.05) is 30.3 Å². The number of benzene rings is 1. The maximum Gasteiger partial charge on any atom is 0.0759 e. The van der Waals surface area contributed by atoms with Crippen LogP contribution in [0.15, 0.2) is 42.7 Å². The first-order valence-electron chi connectivity index (χ1n) is 6.50. The molecule has 0 aliphatic carbocycles. The fourth-order valence-corrected chi connectivity index (χ4v) is 2.42. The second kappa shape index (κ2) is 5.27. The highest BCUT2D eigenvalue weighted by Crippen LogP contribution is 2.20. The van der Waals surface area contributed by atoms with Crippen LogP contribution in [0.4, 0.5) is 0 Å². The fourth-order valence-electron chi connectivity index (χ4n) is 2.42. The highest BCUT2D eigenvalue weighted by atomic mass is 15.0. The Bertz CT molecular complexity index is 504. The predicted octanol–water partition coefficient (Wildman–Crippen LogP) is 2.49. The Morgan fingerprint density at radius 3 is 2.83 bits per heavy atom. The van der Waals surface area contributed by atoms with E-state index in [1.54, 1.807) is 0 Å². The van der Waals surface area contributed by atoms with Gasteiger partial charge in [-0.2, -0.15) is 0 Å². The third-order valence-corrected chi connectivity index (χ3v) is 3.35. The smallest absolute Gasteiger partial charge is 0.0759 e. The normalized spacial score (nSPS) is 19.0. The van der Waals surface area contributed by atoms with Crippen molar-refractivity contribution in [2.75, 3.05) is 6.54 Å². The third-order valence-electron chi connectivity index (χ3n) is 3.35. The van der Waals surface area contributed by atoms with E-state index >= 15 is 0 Å². The molecule has 1 N–H and O–H groups in total. The summed E-state index contributed by atoms with van der Waals surface area (Å²) >= 11 is 0. The maximum absolute atomic E-state index is 4.73. The topological polar surface area (TPSA) is 37.8 Å². The average molecular weight is 239 g/mol. The second-order valence-electron chi connectivity index (χ2n) is 4.75. The largest absolute Gasteiger partial charge is 0.309 e. The van der Waals surface area contributed by atoms with Crippen molar-refractivity contribution in [2.45, 2.75) is 25.3 Å². The van der Waals surface area contributed by atoms with E-state index in [0.29, 0.717) is 6.04 Å². The van der Waals surface area contributed by atoms with Crippen molar-refractivity contribution < 1.29 is 0 Å². The fraction of sp³-hybridized carbons (Fsp3) is 0.333. The van der Waals surface area contributed by atoms with E-state index in [-0.39, 0.29) is 0 Å². The van der Waals surface area contributed by atoms with Gasteiger partial charge in [-0.15, -0.1) is 0 Å². The Kier molecular flexibility index (Phi) is 3.33. The zero-order valence-corrected chi connectivity index (χ0v) is 10.3. The van der Waals surface area contributed by atoms with Crippen molar-refractivity contribution in [2.24, 2.45) is 0 Å². The minimum Gasteiger partial charge on any atom is -0.309 e. The molecule has 3 nitrogen and oxygen atoms in total. The first-order chi connectivity index (χ1) is 8.92. The first-order valence-corrected chi connectivity index (χ1v) is 6.50. The summed E-state index contributed by atoms with van der Waals surface area (Å²) in [5.41, 5.74) is 3.41. The Balaban J connectivity index is 1.78. The van der Waals surface area contributed by atoms with Crippen LogP contribution in [0.3, 0.4) is 0 Å². The summed E-state index contributed by atoms with van der Waals surface area (Å²) in [5.74, 6) is 0. The molecule has 1 aromatic carbocycles. The van der Waals surface area contributed by atoms with Crippen LogP contribution in [0.25, 0.3) is 0 Å². The summed E-state index contributed by atoms with van der Waals surface area (Å²) in [7, 11) is 0. The molecule has 1 aliphatic heterocycles. The van der Waals surface area contributed by atoms with Gasteiger partial charge in [0.05, 0.1) is 17.4 Å². The molecule has 0 saturated carbocycles. The maximum atomic E-state index is 4.73. The number of nitrogens with zero attached hydrogens (tertiary/aromatic N) is 2. The Morgan fingerprint density at radius 2 is 2.06 bits per heavy atom. The van der Waals surface area contributed by atoms with Gasteiger partial charge in [-0.05, 0) is 24.9 Å². The lowest BCUT2D eigenvalue weighted by Crippen LogP contribution is -2.15. The number of hydrogen-bond donors (Lipinski definition) is 1. The SMILES string of the molecule is c1ccc(Cc2cncc([C@H]3CCCN3)n2)cc1. The van der Waals surface area contributed by atoms with Crippen molar-refractivity contribution in [1.29, 1.82) is 0 Å². The van der Waals surface area contributed by atoms with Gasteiger partial charge in [0.25, 0.3) is 0 Å². The van der Waals surface area contributed by atoms with E-state index in [0.717, 1.165) is 24.4 Å². The molecule has 1 aromatic heterocycles. The van der Waals surface area contributed by atoms with Crippen LogP contribution in [-0.4, -0.2) is 16.5 Å². The first kappa shape index (κ1) is 11.4. The van der Waals surface area contributed by atoms with Gasteiger partial charge in [-0.3, -0.25) is 9.97 Å². The zero-order valence-electron chi connectivity index (χ0n) is 10.3. The number of aromatic nitrogens is 2. The van der Waals surface area contributed by atoms with Crippen LogP contribution in [0, 0.1) is 0 Å². The summed E-state index contributed by atoms with van der Waals surface area (Å²) in [5, 5.41) is 3.46. The van der Waals surface area contributed by atoms with Gasteiger partial charge < -0.3 is 5.32 Å². The molecule has 92 valence electrons. The number of nitrogens with one attached hydrogen (secondary N) is 1. The van der Waals surface area contributed by atoms with Crippen molar-refractivity contribution in [3.63, 3.8) is 0 Å². The minimum absolute atomic E-state index is 0.397. The van der Waals surface area contributed by atoms with E-state index in [2.05, 4.69) is 34.6 Å². The summed E-state index contributed by atoms with van der Waals surface area (Å²) < 4.78 is 0. The highest BCUT2D eigenvalue weighted by molar-refractivity contribution is 5.21. The van der Waals surface area contributed by atoms with E-state index in [1.807, 2.05) is 18.5 Å². The molecule has 0 spiro atoms. The molecule has 1 aliphatic rings. The molecule has 3 heteroatoms. The standard InChI is InChI=1S/C15H17N3/c1-2-5-12(6-3-1)9-13-10-16-11-15(18-13)14-7-4-8-17-14/h1-3,5-6,10-11,14,17H,4,7-9H2/t14-/m1/s1. The summed E-state index contributed by atoms with van der Waals surface area (Å²) in [6.45, 7) is 1.09. The van der Waals surface area contributed by atoms with E-state index in [1.165, 1.54) is 18.4 Å². The molecule has 0 radical (unpaired) electrons. The monoisotopic (exact) mass is 239 g/mol. The lowest BCUT2D eigenvalue weighted by Gasteiger charge is -2.10. The lowest BCUT2D eigenvalue weighted by molar-refractivity contribution is 0.620. The molecule has 1 atom stereocenters. The molecule has 1 fully saturated rings. The second-order valence-corrected chi connectivity index (χ2v) is 4.75. The third kappa shape index (κ3) is 2.57. The predicted molar refractivity (Wildman–Crippen MR) is 71.3 cm³/mol. The minimum atomic E-state index is 0.397. The highest BCUT2D eigenvalue weighted by Gasteiger charge is 2.17. The van der Waals surface area contributed by atoms with Crippen LogP contribution in [-0.2, 0) is 6.42 Å². The molecule has 18 heavy (non-hydrogen) atoms. The summed E-state index contributed by atoms with van der Waals surface area (Å²) in [6.07, 6.45) is 7.01. The molecular formula is C15H17N3. The molecule has 0 amide bonds. The van der Waals surface area contributed by atoms with Crippen LogP contribution >= 0.6 is 0 Å². The number of hydrogen-bond acceptors (Lipinski definition) is 3. The molecule has 3 rings (SSSR count). The summed E-state index contributed by atoms with van der Waals surface area (Å²) in [6, 6.07) is 10.8. The van der Waals surface area contributed by atoms with E-state index in [4.69, 9.17) is 4.98 Å². The van der Waals surface area contributed by atoms with Crippen LogP contribution < -0.4 is 5.32 Å². The Labute approximate surface area is 107 Å². The molecular weight excluding hydrogens is 222 g/mol. The van der Waals surface area contributed by atoms with Gasteiger partial charge in [0.15, 0.2) is 0 Å². The lowest BCUT2D eigenvalue weighted by atomic mass is 10.1. The zero-order chi connectivity index (χ0) is 12.2. The van der Waals surface area contributed by atoms with Gasteiger partial charge in [0, 0.05) is 18.8 Å². The van der Waals surface area contributed by atoms with E-state index in [9.17, 15) is 0 Å². The number of rotatable bonds is 3. The van der Waals surface area contributed by atoms with Gasteiger partial charge >= 0.3 is 0 Å². The Morgan fingerprint density at radius 1 is 1.17 bits per heavy atom. The van der Waals surface area contributed by atoms with Crippen molar-refractivity contribution >= 4 is 0 Å². The molecule has 2 heterocycles. The van der Waals surface area contributed by atoms with Crippen molar-refractivity contribution in [3.05, 3.63) is 59.7 Å². The Hall–Kier alpha value is -1.74. The quantitative estimate of drug-likeness (QED) is 0.894. The van der Waals surface area contributed by atoms with Crippen molar-refractivity contribution in [3.8, 4) is 0 Å². The van der Waals surface area contributed by atoms with Crippen molar-refractivity contribution in [1.82, 2.24) is 15.3 Å². The van der Waals surface area contributed by atoms with Crippen LogP contribution in [0.2, 0.25) is 0 Å². The van der Waals surface area contributed by atoms with E-state index < -0.39 is 0 Å². The average Bonchev–Trinajstić information content (AvgIpc) is 2.94. The van der Waals surface area contributed by atoms with Crippen LogP contribution in [0.1, 0.15) is 35.8 Å². The van der Waals surface area contributed by atoms with Gasteiger partial charge in [-0.25, -0.2) is 0 Å². The molecule has 0 bridgehead atoms.